The molecule has 0 radical (unpaired) electrons. The highest BCUT2D eigenvalue weighted by Gasteiger charge is 2.40. The number of carbonyl (C=O) groups excluding carboxylic acids is 2. The molecule has 1 aromatic carbocycles. The number of nitrogens with zero attached hydrogens (tertiary/aromatic N) is 1. The Morgan fingerprint density at radius 1 is 1.38 bits per heavy atom. The fourth-order valence-electron chi connectivity index (χ4n) is 2.16. The van der Waals surface area contributed by atoms with Crippen molar-refractivity contribution >= 4 is 11.9 Å². The topological polar surface area (TPSA) is 63.4 Å². The number of amides is 3. The second kappa shape index (κ2) is 3.96. The van der Waals surface area contributed by atoms with Crippen LogP contribution in [0.3, 0.4) is 0 Å². The molecule has 16 heavy (non-hydrogen) atoms. The summed E-state index contributed by atoms with van der Waals surface area (Å²) in [6.45, 7) is 2.22. The molecule has 4 heteroatoms. The molecule has 1 heterocycles. The van der Waals surface area contributed by atoms with Gasteiger partial charge in [0, 0.05) is 18.4 Å². The molecule has 2 rings (SSSR count). The van der Waals surface area contributed by atoms with E-state index in [9.17, 15) is 9.59 Å². The number of rotatable bonds is 1. The van der Waals surface area contributed by atoms with E-state index in [1.165, 1.54) is 0 Å². The summed E-state index contributed by atoms with van der Waals surface area (Å²) >= 11 is 0. The fourth-order valence-corrected chi connectivity index (χ4v) is 2.16. The van der Waals surface area contributed by atoms with Crippen LogP contribution in [0.2, 0.25) is 0 Å². The van der Waals surface area contributed by atoms with Crippen molar-refractivity contribution in [2.75, 3.05) is 6.54 Å². The van der Waals surface area contributed by atoms with Crippen LogP contribution in [0.25, 0.3) is 0 Å². The molecule has 1 saturated heterocycles. The van der Waals surface area contributed by atoms with E-state index >= 15 is 0 Å². The van der Waals surface area contributed by atoms with Crippen LogP contribution in [0.4, 0.5) is 4.79 Å². The number of imide groups is 1. The molecule has 0 spiro atoms. The molecule has 3 amide bonds. The van der Waals surface area contributed by atoms with Gasteiger partial charge in [0.2, 0.25) is 5.91 Å². The van der Waals surface area contributed by atoms with Gasteiger partial charge in [-0.3, -0.25) is 9.69 Å². The number of nitrogens with two attached hydrogens (primary N) is 1. The van der Waals surface area contributed by atoms with Crippen molar-refractivity contribution in [3.05, 3.63) is 35.9 Å². The number of primary amides is 1. The van der Waals surface area contributed by atoms with Gasteiger partial charge >= 0.3 is 6.03 Å². The average Bonchev–Trinajstić information content (AvgIpc) is 2.58. The van der Waals surface area contributed by atoms with Gasteiger partial charge in [0.1, 0.15) is 0 Å². The molecule has 1 aliphatic heterocycles. The third kappa shape index (κ3) is 1.66. The van der Waals surface area contributed by atoms with Gasteiger partial charge in [0.25, 0.3) is 0 Å². The molecule has 1 aromatic rings. The van der Waals surface area contributed by atoms with Crippen molar-refractivity contribution in [1.29, 1.82) is 0 Å². The summed E-state index contributed by atoms with van der Waals surface area (Å²) in [6.07, 6.45) is 0. The number of benzene rings is 1. The van der Waals surface area contributed by atoms with Gasteiger partial charge in [-0.25, -0.2) is 4.79 Å². The van der Waals surface area contributed by atoms with Crippen molar-refractivity contribution in [2.45, 2.75) is 12.8 Å². The molecule has 84 valence electrons. The minimum Gasteiger partial charge on any atom is -0.351 e. The van der Waals surface area contributed by atoms with Crippen LogP contribution in [-0.4, -0.2) is 23.4 Å². The summed E-state index contributed by atoms with van der Waals surface area (Å²) in [5.74, 6) is -0.308. The lowest BCUT2D eigenvalue weighted by Crippen LogP contribution is -2.37. The highest BCUT2D eigenvalue weighted by Crippen LogP contribution is 2.32. The van der Waals surface area contributed by atoms with Crippen LogP contribution in [0, 0.1) is 5.92 Å². The van der Waals surface area contributed by atoms with Crippen molar-refractivity contribution in [3.63, 3.8) is 0 Å². The molecule has 2 N–H and O–H groups in total. The number of hydrogen-bond acceptors (Lipinski definition) is 2. The summed E-state index contributed by atoms with van der Waals surface area (Å²) < 4.78 is 0. The Hall–Kier alpha value is -1.84. The van der Waals surface area contributed by atoms with E-state index in [4.69, 9.17) is 5.73 Å². The quantitative estimate of drug-likeness (QED) is 0.772. The Balaban J connectivity index is 2.26. The van der Waals surface area contributed by atoms with Crippen LogP contribution in [0.1, 0.15) is 18.4 Å². The molecule has 0 saturated carbocycles. The minimum atomic E-state index is -0.657. The number of hydrogen-bond donors (Lipinski definition) is 1. The normalized spacial score (nSPS) is 24.8. The van der Waals surface area contributed by atoms with Crippen LogP contribution in [0.5, 0.6) is 0 Å². The number of likely N-dealkylation sites (tertiary alicyclic amines) is 1. The first-order chi connectivity index (χ1) is 7.61. The fraction of sp³-hybridized carbons (Fsp3) is 0.333. The Morgan fingerprint density at radius 3 is 2.50 bits per heavy atom. The first kappa shape index (κ1) is 10.7. The smallest absolute Gasteiger partial charge is 0.321 e. The molecule has 1 unspecified atom stereocenters. The van der Waals surface area contributed by atoms with Crippen molar-refractivity contribution in [2.24, 2.45) is 11.7 Å². The maximum Gasteiger partial charge on any atom is 0.321 e. The van der Waals surface area contributed by atoms with Gasteiger partial charge < -0.3 is 5.73 Å². The van der Waals surface area contributed by atoms with Gasteiger partial charge in [0.05, 0.1) is 0 Å². The Morgan fingerprint density at radius 2 is 2.00 bits per heavy atom. The van der Waals surface area contributed by atoms with Crippen molar-refractivity contribution in [1.82, 2.24) is 4.90 Å². The first-order valence-corrected chi connectivity index (χ1v) is 5.27. The van der Waals surface area contributed by atoms with Crippen molar-refractivity contribution < 1.29 is 9.59 Å². The number of carbonyl (C=O) groups is 2. The second-order valence-corrected chi connectivity index (χ2v) is 4.09. The van der Waals surface area contributed by atoms with E-state index in [-0.39, 0.29) is 17.7 Å². The largest absolute Gasteiger partial charge is 0.351 e. The molecule has 1 fully saturated rings. The zero-order chi connectivity index (χ0) is 11.7. The highest BCUT2D eigenvalue weighted by molar-refractivity contribution is 5.97. The molecule has 4 nitrogen and oxygen atoms in total. The van der Waals surface area contributed by atoms with Crippen LogP contribution in [-0.2, 0) is 4.79 Å². The van der Waals surface area contributed by atoms with E-state index in [0.717, 1.165) is 10.5 Å². The van der Waals surface area contributed by atoms with E-state index < -0.39 is 6.03 Å². The monoisotopic (exact) mass is 218 g/mol. The standard InChI is InChI=1S/C12H14N2O2/c1-8-10(9-5-3-2-4-6-9)7-14(11(8)15)12(13)16/h2-6,8,10H,7H2,1H3,(H2,13,16)/t8?,10-/m1/s1. The van der Waals surface area contributed by atoms with E-state index in [1.54, 1.807) is 0 Å². The summed E-state index contributed by atoms with van der Waals surface area (Å²) in [7, 11) is 0. The summed E-state index contributed by atoms with van der Waals surface area (Å²) in [6, 6.07) is 9.07. The molecule has 2 atom stereocenters. The average molecular weight is 218 g/mol. The Bertz CT molecular complexity index is 416. The highest BCUT2D eigenvalue weighted by atomic mass is 16.2. The zero-order valence-corrected chi connectivity index (χ0v) is 9.09. The summed E-state index contributed by atoms with van der Waals surface area (Å²) in [5.41, 5.74) is 6.23. The van der Waals surface area contributed by atoms with Crippen LogP contribution >= 0.6 is 0 Å². The maximum absolute atomic E-state index is 11.8. The zero-order valence-electron chi connectivity index (χ0n) is 9.09. The lowest BCUT2D eigenvalue weighted by Gasteiger charge is -2.12. The first-order valence-electron chi connectivity index (χ1n) is 5.27. The van der Waals surface area contributed by atoms with Crippen LogP contribution < -0.4 is 5.73 Å². The molecule has 0 bridgehead atoms. The van der Waals surface area contributed by atoms with Crippen molar-refractivity contribution in [3.8, 4) is 0 Å². The van der Waals surface area contributed by atoms with Gasteiger partial charge in [-0.15, -0.1) is 0 Å². The SMILES string of the molecule is CC1C(=O)N(C(N)=O)C[C@H]1c1ccccc1. The molecule has 0 aromatic heterocycles. The summed E-state index contributed by atoms with van der Waals surface area (Å²) in [5, 5.41) is 0. The molecule has 0 aliphatic carbocycles. The predicted octanol–water partition coefficient (Wildman–Crippen LogP) is 1.33. The molecule has 1 aliphatic rings. The molecular formula is C12H14N2O2. The van der Waals surface area contributed by atoms with E-state index in [2.05, 4.69) is 0 Å². The lowest BCUT2D eigenvalue weighted by molar-refractivity contribution is -0.128. The van der Waals surface area contributed by atoms with Gasteiger partial charge in [-0.2, -0.15) is 0 Å². The maximum atomic E-state index is 11.8. The van der Waals surface area contributed by atoms with Gasteiger partial charge in [-0.05, 0) is 5.56 Å². The second-order valence-electron chi connectivity index (χ2n) is 4.09. The van der Waals surface area contributed by atoms with Gasteiger partial charge in [-0.1, -0.05) is 37.3 Å². The number of urea groups is 1. The van der Waals surface area contributed by atoms with E-state index in [0.29, 0.717) is 6.54 Å². The molecular weight excluding hydrogens is 204 g/mol. The minimum absolute atomic E-state index is 0.0567. The summed E-state index contributed by atoms with van der Waals surface area (Å²) in [4.78, 5) is 23.9. The Labute approximate surface area is 94.0 Å². The third-order valence-electron chi connectivity index (χ3n) is 3.13. The Kier molecular flexibility index (Phi) is 2.64. The van der Waals surface area contributed by atoms with Gasteiger partial charge in [0.15, 0.2) is 0 Å². The van der Waals surface area contributed by atoms with Crippen LogP contribution in [0.15, 0.2) is 30.3 Å². The predicted molar refractivity (Wildman–Crippen MR) is 59.6 cm³/mol. The third-order valence-corrected chi connectivity index (χ3v) is 3.13. The van der Waals surface area contributed by atoms with E-state index in [1.807, 2.05) is 37.3 Å². The lowest BCUT2D eigenvalue weighted by atomic mass is 9.90.